The van der Waals surface area contributed by atoms with Crippen molar-refractivity contribution in [1.29, 1.82) is 0 Å². The third kappa shape index (κ3) is 7.81. The molecule has 0 fully saturated rings. The first kappa shape index (κ1) is 14.4. The van der Waals surface area contributed by atoms with Gasteiger partial charge in [0, 0.05) is 0 Å². The van der Waals surface area contributed by atoms with E-state index in [9.17, 15) is 0 Å². The van der Waals surface area contributed by atoms with E-state index in [1.165, 1.54) is 0 Å². The summed E-state index contributed by atoms with van der Waals surface area (Å²) in [6.07, 6.45) is 9.72. The number of hydrogen-bond acceptors (Lipinski definition) is 0. The topological polar surface area (TPSA) is 0 Å². The van der Waals surface area contributed by atoms with Crippen LogP contribution in [0.15, 0.2) is 72.9 Å². The first-order chi connectivity index (χ1) is 7.45. The molecule has 0 spiro atoms. The van der Waals surface area contributed by atoms with Gasteiger partial charge in [-0.1, -0.05) is 79.8 Å². The van der Waals surface area contributed by atoms with E-state index in [4.69, 9.17) is 0 Å². The molecule has 0 N–H and O–H groups in total. The predicted octanol–water partition coefficient (Wildman–Crippen LogP) is 5.14. The Morgan fingerprint density at radius 2 is 1.25 bits per heavy atom. The third-order valence-corrected chi connectivity index (χ3v) is 2.07. The van der Waals surface area contributed by atoms with Crippen LogP contribution in [-0.2, 0) is 0 Å². The molecule has 0 aliphatic carbocycles. The van der Waals surface area contributed by atoms with Gasteiger partial charge in [0.2, 0.25) is 0 Å². The lowest BCUT2D eigenvalue weighted by atomic mass is 10.1. The molecule has 0 unspecified atom stereocenters. The molecule has 16 heavy (non-hydrogen) atoms. The normalized spacial score (nSPS) is 10.9. The van der Waals surface area contributed by atoms with E-state index in [0.29, 0.717) is 0 Å². The van der Waals surface area contributed by atoms with E-state index in [1.54, 1.807) is 0 Å². The highest BCUT2D eigenvalue weighted by molar-refractivity contribution is 5.32. The van der Waals surface area contributed by atoms with Crippen LogP contribution in [-0.4, -0.2) is 0 Å². The Morgan fingerprint density at radius 1 is 0.812 bits per heavy atom. The second kappa shape index (κ2) is 7.70. The second-order valence-electron chi connectivity index (χ2n) is 4.02. The van der Waals surface area contributed by atoms with Crippen LogP contribution in [0.4, 0.5) is 0 Å². The molecule has 0 aliphatic heterocycles. The molecule has 0 amide bonds. The first-order valence-corrected chi connectivity index (χ1v) is 5.50. The minimum atomic E-state index is 0.789. The van der Waals surface area contributed by atoms with Gasteiger partial charge < -0.3 is 0 Å². The van der Waals surface area contributed by atoms with Crippen molar-refractivity contribution in [2.45, 2.75) is 26.7 Å². The molecule has 0 heterocycles. The summed E-state index contributed by atoms with van der Waals surface area (Å²) in [5, 5.41) is 0. The van der Waals surface area contributed by atoms with E-state index >= 15 is 0 Å². The van der Waals surface area contributed by atoms with Gasteiger partial charge in [-0.25, -0.2) is 0 Å². The van der Waals surface area contributed by atoms with Gasteiger partial charge in [0.05, 0.1) is 0 Å². The van der Waals surface area contributed by atoms with Gasteiger partial charge in [-0.15, -0.1) is 0 Å². The Hall–Kier alpha value is -1.56. The fraction of sp³-hybridized carbons (Fsp3) is 0.250. The number of rotatable bonds is 7. The van der Waals surface area contributed by atoms with Gasteiger partial charge in [-0.05, 0) is 19.8 Å². The largest absolute Gasteiger partial charge is 0.0961 e. The molecule has 0 aromatic rings. The molecule has 0 aromatic heterocycles. The summed E-state index contributed by atoms with van der Waals surface area (Å²) >= 11 is 0. The second-order valence-corrected chi connectivity index (χ2v) is 4.02. The predicted molar refractivity (Wildman–Crippen MR) is 75.4 cm³/mol. The van der Waals surface area contributed by atoms with Gasteiger partial charge in [0.1, 0.15) is 0 Å². The first-order valence-electron chi connectivity index (χ1n) is 5.50. The van der Waals surface area contributed by atoms with Crippen molar-refractivity contribution in [2.24, 2.45) is 0 Å². The zero-order valence-corrected chi connectivity index (χ0v) is 10.6. The molecule has 0 radical (unpaired) electrons. The number of hydrogen-bond donors (Lipinski definition) is 0. The Morgan fingerprint density at radius 3 is 1.69 bits per heavy atom. The van der Waals surface area contributed by atoms with Crippen LogP contribution in [0.3, 0.4) is 0 Å². The average molecular weight is 214 g/mol. The van der Waals surface area contributed by atoms with Crippen LogP contribution in [0.5, 0.6) is 0 Å². The molecule has 0 aromatic carbocycles. The third-order valence-electron chi connectivity index (χ3n) is 2.07. The summed E-state index contributed by atoms with van der Waals surface area (Å²) in [6, 6.07) is 0. The average Bonchev–Trinajstić information content (AvgIpc) is 2.23. The van der Waals surface area contributed by atoms with Crippen LogP contribution in [0.2, 0.25) is 0 Å². The van der Waals surface area contributed by atoms with Gasteiger partial charge in [-0.2, -0.15) is 0 Å². The van der Waals surface area contributed by atoms with Crippen molar-refractivity contribution in [2.75, 3.05) is 0 Å². The quantitative estimate of drug-likeness (QED) is 0.514. The molecule has 0 aliphatic rings. The molecule has 0 saturated heterocycles. The van der Waals surface area contributed by atoms with E-state index in [0.717, 1.165) is 35.1 Å². The molecular weight excluding hydrogens is 192 g/mol. The molecule has 0 saturated carbocycles. The van der Waals surface area contributed by atoms with E-state index in [1.807, 2.05) is 31.2 Å². The van der Waals surface area contributed by atoms with Gasteiger partial charge >= 0.3 is 0 Å². The summed E-state index contributed by atoms with van der Waals surface area (Å²) in [5.41, 5.74) is 4.23. The van der Waals surface area contributed by atoms with Gasteiger partial charge in [0.25, 0.3) is 0 Å². The highest BCUT2D eigenvalue weighted by Crippen LogP contribution is 2.12. The molecule has 0 rings (SSSR count). The molecule has 0 bridgehead atoms. The van der Waals surface area contributed by atoms with E-state index in [2.05, 4.69) is 33.2 Å². The Balaban J connectivity index is 4.16. The summed E-state index contributed by atoms with van der Waals surface area (Å²) in [4.78, 5) is 0. The van der Waals surface area contributed by atoms with Crippen LogP contribution < -0.4 is 0 Å². The molecule has 86 valence electrons. The van der Waals surface area contributed by atoms with Crippen molar-refractivity contribution in [1.82, 2.24) is 0 Å². The maximum atomic E-state index is 3.98. The summed E-state index contributed by atoms with van der Waals surface area (Å²) in [6.45, 7) is 19.7. The zero-order chi connectivity index (χ0) is 12.6. The smallest absolute Gasteiger partial charge is 0.00375 e. The van der Waals surface area contributed by atoms with Crippen molar-refractivity contribution in [3.63, 3.8) is 0 Å². The van der Waals surface area contributed by atoms with Gasteiger partial charge in [-0.3, -0.25) is 0 Å². The van der Waals surface area contributed by atoms with Crippen molar-refractivity contribution >= 4 is 0 Å². The van der Waals surface area contributed by atoms with Crippen molar-refractivity contribution < 1.29 is 0 Å². The molecule has 0 atom stereocenters. The summed E-state index contributed by atoms with van der Waals surface area (Å²) in [7, 11) is 0. The highest BCUT2D eigenvalue weighted by Gasteiger charge is 1.92. The zero-order valence-electron chi connectivity index (χ0n) is 10.6. The monoisotopic (exact) mass is 214 g/mol. The fourth-order valence-corrected chi connectivity index (χ4v) is 1.02. The lowest BCUT2D eigenvalue weighted by Crippen LogP contribution is -1.80. The SMILES string of the molecule is C=C(C)/C=C\C(=C)CC(=C)/C=C\C(=C)CC. The molecular formula is C16H22. The molecule has 0 heteroatoms. The van der Waals surface area contributed by atoms with Crippen LogP contribution in [0, 0.1) is 0 Å². The van der Waals surface area contributed by atoms with Crippen LogP contribution >= 0.6 is 0 Å². The van der Waals surface area contributed by atoms with Gasteiger partial charge in [0.15, 0.2) is 0 Å². The fourth-order valence-electron chi connectivity index (χ4n) is 1.02. The Labute approximate surface area is 100 Å². The maximum absolute atomic E-state index is 3.98. The van der Waals surface area contributed by atoms with E-state index in [-0.39, 0.29) is 0 Å². The van der Waals surface area contributed by atoms with Crippen molar-refractivity contribution in [3.05, 3.63) is 72.9 Å². The van der Waals surface area contributed by atoms with Crippen molar-refractivity contribution in [3.8, 4) is 0 Å². The number of allylic oxidation sites excluding steroid dienone is 8. The maximum Gasteiger partial charge on any atom is -0.00375 e. The summed E-state index contributed by atoms with van der Waals surface area (Å²) in [5.74, 6) is 0. The van der Waals surface area contributed by atoms with E-state index < -0.39 is 0 Å². The van der Waals surface area contributed by atoms with Crippen LogP contribution in [0.1, 0.15) is 26.7 Å². The lowest BCUT2D eigenvalue weighted by Gasteiger charge is -2.00. The highest BCUT2D eigenvalue weighted by atomic mass is 14.0. The lowest BCUT2D eigenvalue weighted by molar-refractivity contribution is 1.15. The Bertz CT molecular complexity index is 348. The Kier molecular flexibility index (Phi) is 6.95. The standard InChI is InChI=1S/C16H22/c1-7-14(4)10-11-16(6)12-15(5)9-8-13(2)3/h8-11H,2,4-7,12H2,1,3H3/b9-8-,11-10-. The van der Waals surface area contributed by atoms with Crippen LogP contribution in [0.25, 0.3) is 0 Å². The summed E-state index contributed by atoms with van der Waals surface area (Å²) < 4.78 is 0. The minimum absolute atomic E-state index is 0.789. The molecule has 0 nitrogen and oxygen atoms in total. The minimum Gasteiger partial charge on any atom is -0.0961 e.